The normalized spacial score (nSPS) is 39.6. The van der Waals surface area contributed by atoms with E-state index in [1.54, 1.807) is 0 Å². The highest BCUT2D eigenvalue weighted by atomic mass is 16.4. The molecule has 2 unspecified atom stereocenters. The number of aliphatic carboxylic acids is 1. The van der Waals surface area contributed by atoms with E-state index in [2.05, 4.69) is 12.2 Å². The molecule has 3 N–H and O–H groups in total. The van der Waals surface area contributed by atoms with Crippen LogP contribution in [-0.2, 0) is 4.79 Å². The molecule has 104 valence electrons. The molecule has 0 aliphatic heterocycles. The highest BCUT2D eigenvalue weighted by Gasteiger charge is 2.40. The van der Waals surface area contributed by atoms with E-state index in [0.29, 0.717) is 38.3 Å². The molecular formula is C14H25NO3. The molecule has 2 atom stereocenters. The summed E-state index contributed by atoms with van der Waals surface area (Å²) in [5, 5.41) is 22.8. The fourth-order valence-electron chi connectivity index (χ4n) is 3.09. The molecule has 2 rings (SSSR count). The monoisotopic (exact) mass is 255 g/mol. The summed E-state index contributed by atoms with van der Waals surface area (Å²) in [6.45, 7) is 2.83. The average molecular weight is 255 g/mol. The molecule has 0 aromatic carbocycles. The molecule has 18 heavy (non-hydrogen) atoms. The minimum Gasteiger partial charge on any atom is -0.481 e. The van der Waals surface area contributed by atoms with Crippen molar-refractivity contribution >= 4 is 5.97 Å². The molecule has 0 amide bonds. The fraction of sp³-hybridized carbons (Fsp3) is 0.929. The second-order valence-electron chi connectivity index (χ2n) is 6.11. The zero-order valence-corrected chi connectivity index (χ0v) is 11.2. The smallest absolute Gasteiger partial charge is 0.306 e. The molecule has 4 nitrogen and oxygen atoms in total. The summed E-state index contributed by atoms with van der Waals surface area (Å²) in [6, 6.07) is 0.589. The third kappa shape index (κ3) is 3.45. The average Bonchev–Trinajstić information content (AvgIpc) is 3.06. The Morgan fingerprint density at radius 3 is 2.61 bits per heavy atom. The quantitative estimate of drug-likeness (QED) is 0.676. The van der Waals surface area contributed by atoms with Crippen LogP contribution in [-0.4, -0.2) is 34.4 Å². The lowest BCUT2D eigenvalue weighted by Gasteiger charge is -2.35. The number of carboxylic acid groups (broad SMARTS) is 1. The number of hydrogen-bond donors (Lipinski definition) is 3. The van der Waals surface area contributed by atoms with Crippen LogP contribution in [0.1, 0.15) is 51.9 Å². The van der Waals surface area contributed by atoms with Gasteiger partial charge in [0.25, 0.3) is 0 Å². The van der Waals surface area contributed by atoms with Crippen LogP contribution < -0.4 is 5.32 Å². The van der Waals surface area contributed by atoms with Crippen molar-refractivity contribution in [2.75, 3.05) is 6.54 Å². The number of hydrogen-bond acceptors (Lipinski definition) is 3. The van der Waals surface area contributed by atoms with Crippen LogP contribution in [0.2, 0.25) is 0 Å². The molecule has 2 saturated carbocycles. The summed E-state index contributed by atoms with van der Waals surface area (Å²) in [7, 11) is 0. The molecule has 0 aromatic rings. The molecule has 2 fully saturated rings. The van der Waals surface area contributed by atoms with Gasteiger partial charge >= 0.3 is 5.97 Å². The van der Waals surface area contributed by atoms with Gasteiger partial charge in [-0.15, -0.1) is 0 Å². The van der Waals surface area contributed by atoms with E-state index in [-0.39, 0.29) is 5.92 Å². The first-order chi connectivity index (χ1) is 8.54. The fourth-order valence-corrected chi connectivity index (χ4v) is 3.09. The van der Waals surface area contributed by atoms with Crippen LogP contribution in [0.25, 0.3) is 0 Å². The summed E-state index contributed by atoms with van der Waals surface area (Å²) < 4.78 is 0. The minimum atomic E-state index is -0.713. The number of aliphatic hydroxyl groups is 1. The van der Waals surface area contributed by atoms with Crippen molar-refractivity contribution in [3.8, 4) is 0 Å². The second-order valence-corrected chi connectivity index (χ2v) is 6.11. The lowest BCUT2D eigenvalue weighted by atomic mass is 9.79. The van der Waals surface area contributed by atoms with Crippen molar-refractivity contribution in [2.24, 2.45) is 11.8 Å². The Kier molecular flexibility index (Phi) is 4.28. The highest BCUT2D eigenvalue weighted by Crippen LogP contribution is 2.36. The van der Waals surface area contributed by atoms with Gasteiger partial charge in [-0.05, 0) is 44.4 Å². The first kappa shape index (κ1) is 13.8. The summed E-state index contributed by atoms with van der Waals surface area (Å²) in [4.78, 5) is 10.9. The summed E-state index contributed by atoms with van der Waals surface area (Å²) in [5.41, 5.74) is -0.675. The minimum absolute atomic E-state index is 0.251. The SMILES string of the molecule is CCCC1CC1NCC1(O)CCC(C(=O)O)CC1. The van der Waals surface area contributed by atoms with Gasteiger partial charge in [-0.25, -0.2) is 0 Å². The van der Waals surface area contributed by atoms with Crippen LogP contribution >= 0.6 is 0 Å². The topological polar surface area (TPSA) is 69.6 Å². The maximum absolute atomic E-state index is 10.9. The summed E-state index contributed by atoms with van der Waals surface area (Å²) in [5.74, 6) is -0.164. The van der Waals surface area contributed by atoms with Gasteiger partial charge in [0.2, 0.25) is 0 Å². The van der Waals surface area contributed by atoms with Crippen molar-refractivity contribution in [1.82, 2.24) is 5.32 Å². The maximum Gasteiger partial charge on any atom is 0.306 e. The van der Waals surface area contributed by atoms with Crippen molar-refractivity contribution in [2.45, 2.75) is 63.5 Å². The lowest BCUT2D eigenvalue weighted by Crippen LogP contribution is -2.45. The van der Waals surface area contributed by atoms with Gasteiger partial charge in [-0.3, -0.25) is 4.79 Å². The van der Waals surface area contributed by atoms with E-state index in [1.807, 2.05) is 0 Å². The Balaban J connectivity index is 1.69. The molecule has 0 aromatic heterocycles. The van der Waals surface area contributed by atoms with E-state index < -0.39 is 11.6 Å². The van der Waals surface area contributed by atoms with Crippen LogP contribution in [0, 0.1) is 11.8 Å². The van der Waals surface area contributed by atoms with Crippen LogP contribution in [0.4, 0.5) is 0 Å². The predicted molar refractivity (Wildman–Crippen MR) is 69.3 cm³/mol. The molecule has 0 saturated heterocycles. The Morgan fingerprint density at radius 2 is 2.06 bits per heavy atom. The van der Waals surface area contributed by atoms with E-state index in [9.17, 15) is 9.90 Å². The van der Waals surface area contributed by atoms with Crippen molar-refractivity contribution < 1.29 is 15.0 Å². The van der Waals surface area contributed by atoms with Gasteiger partial charge in [0.15, 0.2) is 0 Å². The Morgan fingerprint density at radius 1 is 1.39 bits per heavy atom. The van der Waals surface area contributed by atoms with Gasteiger partial charge < -0.3 is 15.5 Å². The lowest BCUT2D eigenvalue weighted by molar-refractivity contribution is -0.144. The molecule has 2 aliphatic rings. The number of nitrogens with one attached hydrogen (secondary N) is 1. The maximum atomic E-state index is 10.9. The molecule has 2 aliphatic carbocycles. The first-order valence-corrected chi connectivity index (χ1v) is 7.22. The molecular weight excluding hydrogens is 230 g/mol. The Bertz CT molecular complexity index is 297. The predicted octanol–water partition coefficient (Wildman–Crippen LogP) is 1.77. The first-order valence-electron chi connectivity index (χ1n) is 7.22. The van der Waals surface area contributed by atoms with E-state index in [0.717, 1.165) is 5.92 Å². The zero-order valence-electron chi connectivity index (χ0n) is 11.2. The number of rotatable bonds is 6. The van der Waals surface area contributed by atoms with Crippen LogP contribution in [0.15, 0.2) is 0 Å². The van der Waals surface area contributed by atoms with E-state index in [1.165, 1.54) is 19.3 Å². The van der Waals surface area contributed by atoms with Crippen LogP contribution in [0.5, 0.6) is 0 Å². The Hall–Kier alpha value is -0.610. The van der Waals surface area contributed by atoms with Gasteiger partial charge in [-0.2, -0.15) is 0 Å². The number of carboxylic acids is 1. The molecule has 0 heterocycles. The van der Waals surface area contributed by atoms with Gasteiger partial charge in [-0.1, -0.05) is 13.3 Å². The largest absolute Gasteiger partial charge is 0.481 e. The van der Waals surface area contributed by atoms with Crippen molar-refractivity contribution in [3.63, 3.8) is 0 Å². The molecule has 0 radical (unpaired) electrons. The molecule has 0 spiro atoms. The third-order valence-corrected chi connectivity index (χ3v) is 4.54. The van der Waals surface area contributed by atoms with Gasteiger partial charge in [0.05, 0.1) is 11.5 Å². The van der Waals surface area contributed by atoms with Crippen molar-refractivity contribution in [3.05, 3.63) is 0 Å². The third-order valence-electron chi connectivity index (χ3n) is 4.54. The van der Waals surface area contributed by atoms with Crippen LogP contribution in [0.3, 0.4) is 0 Å². The second kappa shape index (κ2) is 5.57. The van der Waals surface area contributed by atoms with E-state index >= 15 is 0 Å². The summed E-state index contributed by atoms with van der Waals surface area (Å²) in [6.07, 6.45) is 6.18. The number of carbonyl (C=O) groups is 1. The standard InChI is InChI=1S/C14H25NO3/c1-2-3-11-8-12(11)15-9-14(18)6-4-10(5-7-14)13(16)17/h10-12,15,18H,2-9H2,1H3,(H,16,17). The summed E-state index contributed by atoms with van der Waals surface area (Å²) >= 11 is 0. The highest BCUT2D eigenvalue weighted by molar-refractivity contribution is 5.70. The molecule has 4 heteroatoms. The van der Waals surface area contributed by atoms with Crippen molar-refractivity contribution in [1.29, 1.82) is 0 Å². The van der Waals surface area contributed by atoms with Gasteiger partial charge in [0, 0.05) is 12.6 Å². The Labute approximate surface area is 109 Å². The van der Waals surface area contributed by atoms with Gasteiger partial charge in [0.1, 0.15) is 0 Å². The van der Waals surface area contributed by atoms with E-state index in [4.69, 9.17) is 5.11 Å². The molecule has 0 bridgehead atoms. The zero-order chi connectivity index (χ0) is 13.2.